The zero-order chi connectivity index (χ0) is 13.2. The van der Waals surface area contributed by atoms with Crippen LogP contribution in [0.25, 0.3) is 0 Å². The number of nitrogens with zero attached hydrogens (tertiary/aromatic N) is 2. The molecule has 0 fully saturated rings. The van der Waals surface area contributed by atoms with Crippen LogP contribution in [-0.4, -0.2) is 16.3 Å². The molecule has 0 atom stereocenters. The van der Waals surface area contributed by atoms with Gasteiger partial charge in [0.25, 0.3) is 5.56 Å². The predicted molar refractivity (Wildman–Crippen MR) is 75.9 cm³/mol. The second kappa shape index (κ2) is 5.05. The Balaban J connectivity index is 1.95. The average Bonchev–Trinajstić information content (AvgIpc) is 2.40. The van der Waals surface area contributed by atoms with Crippen LogP contribution in [0.1, 0.15) is 17.7 Å². The Morgan fingerprint density at radius 2 is 2.26 bits per heavy atom. The topological polar surface area (TPSA) is 46.9 Å². The Kier molecular flexibility index (Phi) is 3.25. The number of hydrogen-bond acceptors (Lipinski definition) is 3. The molecule has 0 spiro atoms. The Morgan fingerprint density at radius 3 is 3.11 bits per heavy atom. The molecule has 98 valence electrons. The van der Waals surface area contributed by atoms with Gasteiger partial charge in [0.1, 0.15) is 0 Å². The first-order valence-corrected chi connectivity index (χ1v) is 6.69. The van der Waals surface area contributed by atoms with Gasteiger partial charge >= 0.3 is 0 Å². The lowest BCUT2D eigenvalue weighted by molar-refractivity contribution is 0.608. The van der Waals surface area contributed by atoms with Crippen LogP contribution in [0.5, 0.6) is 0 Å². The van der Waals surface area contributed by atoms with E-state index in [0.29, 0.717) is 11.6 Å². The van der Waals surface area contributed by atoms with Crippen LogP contribution in [-0.2, 0) is 13.0 Å². The molecule has 0 aliphatic carbocycles. The van der Waals surface area contributed by atoms with Crippen molar-refractivity contribution in [1.82, 2.24) is 9.78 Å². The molecule has 5 heteroatoms. The quantitative estimate of drug-likeness (QED) is 0.915. The number of aromatic nitrogens is 2. The number of rotatable bonds is 2. The van der Waals surface area contributed by atoms with Gasteiger partial charge in [-0.3, -0.25) is 4.79 Å². The van der Waals surface area contributed by atoms with Gasteiger partial charge in [0, 0.05) is 17.6 Å². The smallest absolute Gasteiger partial charge is 0.269 e. The summed E-state index contributed by atoms with van der Waals surface area (Å²) in [5.41, 5.74) is 2.73. The number of fused-ring (bicyclic) bond motifs is 1. The number of anilines is 1. The SMILES string of the molecule is O=c1cc2c(nn1Cc1cccc(Cl)c1)CCCN2. The van der Waals surface area contributed by atoms with Crippen molar-refractivity contribution >= 4 is 17.3 Å². The fourth-order valence-electron chi connectivity index (χ4n) is 2.27. The van der Waals surface area contributed by atoms with Crippen LogP contribution in [0.3, 0.4) is 0 Å². The third kappa shape index (κ3) is 2.63. The summed E-state index contributed by atoms with van der Waals surface area (Å²) >= 11 is 5.95. The molecular formula is C14H14ClN3O. The first-order chi connectivity index (χ1) is 9.22. The van der Waals surface area contributed by atoms with Crippen molar-refractivity contribution in [2.45, 2.75) is 19.4 Å². The zero-order valence-electron chi connectivity index (χ0n) is 10.4. The maximum absolute atomic E-state index is 12.0. The summed E-state index contributed by atoms with van der Waals surface area (Å²) in [7, 11) is 0. The molecule has 3 rings (SSSR count). The van der Waals surface area contributed by atoms with E-state index in [1.54, 1.807) is 6.07 Å². The molecule has 2 heterocycles. The van der Waals surface area contributed by atoms with Gasteiger partial charge in [0.2, 0.25) is 0 Å². The number of halogens is 1. The molecule has 0 amide bonds. The Bertz CT molecular complexity index is 666. The van der Waals surface area contributed by atoms with Crippen molar-refractivity contribution in [2.24, 2.45) is 0 Å². The number of benzene rings is 1. The van der Waals surface area contributed by atoms with E-state index in [9.17, 15) is 4.79 Å². The monoisotopic (exact) mass is 275 g/mol. The van der Waals surface area contributed by atoms with E-state index in [1.165, 1.54) is 4.68 Å². The van der Waals surface area contributed by atoms with Crippen LogP contribution in [0.2, 0.25) is 5.02 Å². The van der Waals surface area contributed by atoms with Gasteiger partial charge in [-0.1, -0.05) is 23.7 Å². The van der Waals surface area contributed by atoms with Gasteiger partial charge in [-0.25, -0.2) is 4.68 Å². The minimum atomic E-state index is -0.0897. The van der Waals surface area contributed by atoms with E-state index >= 15 is 0 Å². The molecule has 4 nitrogen and oxygen atoms in total. The van der Waals surface area contributed by atoms with E-state index in [-0.39, 0.29) is 5.56 Å². The lowest BCUT2D eigenvalue weighted by Gasteiger charge is -2.17. The number of aryl methyl sites for hydroxylation is 1. The summed E-state index contributed by atoms with van der Waals surface area (Å²) in [5.74, 6) is 0. The van der Waals surface area contributed by atoms with Gasteiger partial charge in [-0.05, 0) is 30.5 Å². The third-order valence-electron chi connectivity index (χ3n) is 3.20. The first kappa shape index (κ1) is 12.2. The molecule has 1 aromatic carbocycles. The summed E-state index contributed by atoms with van der Waals surface area (Å²) < 4.78 is 1.50. The normalized spacial score (nSPS) is 13.7. The van der Waals surface area contributed by atoms with Crippen molar-refractivity contribution in [1.29, 1.82) is 0 Å². The second-order valence-corrected chi connectivity index (χ2v) is 5.10. The molecule has 0 radical (unpaired) electrons. The van der Waals surface area contributed by atoms with Crippen LogP contribution in [0.4, 0.5) is 5.69 Å². The molecule has 2 aromatic rings. The molecule has 0 bridgehead atoms. The van der Waals surface area contributed by atoms with Crippen molar-refractivity contribution in [3.8, 4) is 0 Å². The lowest BCUT2D eigenvalue weighted by Crippen LogP contribution is -2.27. The van der Waals surface area contributed by atoms with Crippen molar-refractivity contribution in [2.75, 3.05) is 11.9 Å². The van der Waals surface area contributed by atoms with Crippen molar-refractivity contribution < 1.29 is 0 Å². The molecule has 1 aliphatic heterocycles. The highest BCUT2D eigenvalue weighted by molar-refractivity contribution is 6.30. The van der Waals surface area contributed by atoms with Crippen molar-refractivity contribution in [3.05, 3.63) is 57.0 Å². The fraction of sp³-hybridized carbons (Fsp3) is 0.286. The van der Waals surface area contributed by atoms with E-state index in [1.807, 2.05) is 24.3 Å². The highest BCUT2D eigenvalue weighted by Crippen LogP contribution is 2.17. The molecule has 1 aliphatic rings. The lowest BCUT2D eigenvalue weighted by atomic mass is 10.1. The Labute approximate surface area is 116 Å². The Hall–Kier alpha value is -1.81. The van der Waals surface area contributed by atoms with E-state index in [0.717, 1.165) is 36.3 Å². The van der Waals surface area contributed by atoms with E-state index < -0.39 is 0 Å². The summed E-state index contributed by atoms with van der Waals surface area (Å²) in [4.78, 5) is 12.0. The average molecular weight is 276 g/mol. The molecule has 0 saturated heterocycles. The van der Waals surface area contributed by atoms with E-state index in [2.05, 4.69) is 10.4 Å². The molecule has 0 saturated carbocycles. The molecule has 1 aromatic heterocycles. The molecule has 19 heavy (non-hydrogen) atoms. The van der Waals surface area contributed by atoms with Crippen LogP contribution in [0.15, 0.2) is 35.1 Å². The first-order valence-electron chi connectivity index (χ1n) is 6.32. The maximum Gasteiger partial charge on any atom is 0.269 e. The standard InChI is InChI=1S/C14H14ClN3O/c15-11-4-1-3-10(7-11)9-18-14(19)8-13-12(17-18)5-2-6-16-13/h1,3-4,7-8,16H,2,5-6,9H2. The minimum Gasteiger partial charge on any atom is -0.383 e. The maximum atomic E-state index is 12.0. The van der Waals surface area contributed by atoms with E-state index in [4.69, 9.17) is 11.6 Å². The number of nitrogens with one attached hydrogen (secondary N) is 1. The van der Waals surface area contributed by atoms with Crippen LogP contribution < -0.4 is 10.9 Å². The van der Waals surface area contributed by atoms with Gasteiger partial charge in [-0.15, -0.1) is 0 Å². The number of hydrogen-bond donors (Lipinski definition) is 1. The highest BCUT2D eigenvalue weighted by atomic mass is 35.5. The Morgan fingerprint density at radius 1 is 1.37 bits per heavy atom. The fourth-order valence-corrected chi connectivity index (χ4v) is 2.48. The predicted octanol–water partition coefficient (Wildman–Crippen LogP) is 2.30. The van der Waals surface area contributed by atoms with Crippen LogP contribution >= 0.6 is 11.6 Å². The summed E-state index contributed by atoms with van der Waals surface area (Å²) in [5, 5.41) is 8.31. The van der Waals surface area contributed by atoms with Crippen LogP contribution in [0, 0.1) is 0 Å². The molecular weight excluding hydrogens is 262 g/mol. The minimum absolute atomic E-state index is 0.0897. The van der Waals surface area contributed by atoms with Gasteiger partial charge in [-0.2, -0.15) is 5.10 Å². The highest BCUT2D eigenvalue weighted by Gasteiger charge is 2.12. The molecule has 1 N–H and O–H groups in total. The third-order valence-corrected chi connectivity index (χ3v) is 3.44. The van der Waals surface area contributed by atoms with Gasteiger partial charge in [0.15, 0.2) is 0 Å². The second-order valence-electron chi connectivity index (χ2n) is 4.66. The summed E-state index contributed by atoms with van der Waals surface area (Å²) in [6.07, 6.45) is 1.97. The van der Waals surface area contributed by atoms with Gasteiger partial charge < -0.3 is 5.32 Å². The van der Waals surface area contributed by atoms with Gasteiger partial charge in [0.05, 0.1) is 17.9 Å². The zero-order valence-corrected chi connectivity index (χ0v) is 11.2. The summed E-state index contributed by atoms with van der Waals surface area (Å²) in [6.45, 7) is 1.36. The largest absolute Gasteiger partial charge is 0.383 e. The molecule has 0 unspecified atom stereocenters. The van der Waals surface area contributed by atoms with Crippen molar-refractivity contribution in [3.63, 3.8) is 0 Å². The summed E-state index contributed by atoms with van der Waals surface area (Å²) in [6, 6.07) is 9.12.